The minimum atomic E-state index is -2.45. The van der Waals surface area contributed by atoms with E-state index in [0.717, 1.165) is 11.1 Å². The molecule has 0 unspecified atom stereocenters. The molecule has 0 aliphatic rings. The Labute approximate surface area is 140 Å². The summed E-state index contributed by atoms with van der Waals surface area (Å²) in [6.07, 6.45) is -1.78. The monoisotopic (exact) mass is 415 g/mol. The first-order valence-corrected chi connectivity index (χ1v) is 6.58. The maximum absolute atomic E-state index is 13.0. The highest BCUT2D eigenvalue weighted by Gasteiger charge is 2.04. The second-order valence-electron chi connectivity index (χ2n) is 4.36. The third kappa shape index (κ3) is 8.13. The minimum absolute atomic E-state index is 0. The van der Waals surface area contributed by atoms with Crippen LogP contribution in [0.2, 0.25) is 0 Å². The second-order valence-corrected chi connectivity index (χ2v) is 4.36. The molecule has 0 saturated carbocycles. The Balaban J connectivity index is 0.00000400. The minimum Gasteiger partial charge on any atom is -0.357 e. The van der Waals surface area contributed by atoms with E-state index in [2.05, 4.69) is 15.6 Å². The van der Waals surface area contributed by atoms with E-state index in [1.54, 1.807) is 6.07 Å². The number of benzene rings is 1. The van der Waals surface area contributed by atoms with Crippen LogP contribution in [0.1, 0.15) is 18.1 Å². The zero-order valence-corrected chi connectivity index (χ0v) is 14.5. The van der Waals surface area contributed by atoms with Gasteiger partial charge in [-0.15, -0.1) is 24.0 Å². The summed E-state index contributed by atoms with van der Waals surface area (Å²) in [5.74, 6) is 0.110. The van der Waals surface area contributed by atoms with Crippen molar-refractivity contribution in [2.45, 2.75) is 26.7 Å². The van der Waals surface area contributed by atoms with Gasteiger partial charge in [-0.2, -0.15) is 0 Å². The molecule has 0 amide bonds. The molecular weight excluding hydrogens is 394 g/mol. The fourth-order valence-corrected chi connectivity index (χ4v) is 1.76. The van der Waals surface area contributed by atoms with E-state index in [1.165, 1.54) is 12.1 Å². The van der Waals surface area contributed by atoms with Crippen molar-refractivity contribution < 1.29 is 13.2 Å². The molecule has 0 spiro atoms. The number of aliphatic imine (C=N–C) groups is 1. The molecule has 1 aromatic carbocycles. The molecule has 1 rings (SSSR count). The Morgan fingerprint density at radius 3 is 2.57 bits per heavy atom. The lowest BCUT2D eigenvalue weighted by molar-refractivity contribution is 0.158. The van der Waals surface area contributed by atoms with Crippen molar-refractivity contribution in [3.8, 4) is 0 Å². The first kappa shape index (κ1) is 20.0. The smallest absolute Gasteiger partial charge is 0.257 e. The third-order valence-electron chi connectivity index (χ3n) is 2.72. The van der Waals surface area contributed by atoms with Crippen LogP contribution >= 0.6 is 24.0 Å². The zero-order chi connectivity index (χ0) is 15.0. The quantitative estimate of drug-likeness (QED) is 0.426. The Morgan fingerprint density at radius 2 is 2.00 bits per heavy atom. The van der Waals surface area contributed by atoms with Crippen molar-refractivity contribution in [1.82, 2.24) is 10.6 Å². The number of halogens is 4. The summed E-state index contributed by atoms with van der Waals surface area (Å²) in [7, 11) is 0. The van der Waals surface area contributed by atoms with Gasteiger partial charge < -0.3 is 10.6 Å². The van der Waals surface area contributed by atoms with Crippen LogP contribution in [0, 0.1) is 12.7 Å². The highest BCUT2D eigenvalue weighted by molar-refractivity contribution is 14.0. The molecule has 0 heterocycles. The second kappa shape index (κ2) is 10.7. The van der Waals surface area contributed by atoms with Gasteiger partial charge in [0.05, 0.1) is 0 Å². The topological polar surface area (TPSA) is 36.4 Å². The molecule has 0 atom stereocenters. The number of nitrogens with zero attached hydrogens (tertiary/aromatic N) is 1. The van der Waals surface area contributed by atoms with Crippen molar-refractivity contribution in [1.29, 1.82) is 0 Å². The molecule has 3 nitrogen and oxygen atoms in total. The van der Waals surface area contributed by atoms with Crippen LogP contribution in [0.25, 0.3) is 0 Å². The van der Waals surface area contributed by atoms with Crippen LogP contribution in [0.4, 0.5) is 13.2 Å². The molecule has 0 saturated heterocycles. The molecule has 0 aliphatic heterocycles. The van der Waals surface area contributed by atoms with Crippen molar-refractivity contribution in [2.24, 2.45) is 4.99 Å². The van der Waals surface area contributed by atoms with Gasteiger partial charge in [-0.1, -0.05) is 6.07 Å². The fraction of sp³-hybridized carbons (Fsp3) is 0.500. The van der Waals surface area contributed by atoms with Gasteiger partial charge in [-0.05, 0) is 43.5 Å². The summed E-state index contributed by atoms with van der Waals surface area (Å²) >= 11 is 0. The van der Waals surface area contributed by atoms with Gasteiger partial charge in [-0.25, -0.2) is 18.2 Å². The molecule has 0 fully saturated rings. The number of hydrogen-bond acceptors (Lipinski definition) is 1. The summed E-state index contributed by atoms with van der Waals surface area (Å²) < 4.78 is 37.2. The largest absolute Gasteiger partial charge is 0.357 e. The molecular formula is C14H21F3IN3. The highest BCUT2D eigenvalue weighted by Crippen LogP contribution is 2.10. The molecule has 120 valence electrons. The average Bonchev–Trinajstić information content (AvgIpc) is 2.38. The standard InChI is InChI=1S/C14H20F3N3.HI/c1-3-18-14(20-9-13(16)17)19-7-6-11-4-5-12(15)8-10(11)2;/h4-5,8,13H,3,6-7,9H2,1-2H3,(H2,18,19,20);1H. The number of nitrogens with one attached hydrogen (secondary N) is 2. The lowest BCUT2D eigenvalue weighted by atomic mass is 10.1. The van der Waals surface area contributed by atoms with Crippen molar-refractivity contribution in [3.63, 3.8) is 0 Å². The van der Waals surface area contributed by atoms with Crippen LogP contribution in [-0.2, 0) is 6.42 Å². The van der Waals surface area contributed by atoms with Crippen molar-refractivity contribution in [2.75, 3.05) is 19.6 Å². The van der Waals surface area contributed by atoms with Gasteiger partial charge in [0.2, 0.25) is 0 Å². The lowest BCUT2D eigenvalue weighted by Gasteiger charge is -2.12. The predicted molar refractivity (Wildman–Crippen MR) is 90.2 cm³/mol. The van der Waals surface area contributed by atoms with Crippen molar-refractivity contribution >= 4 is 29.9 Å². The SMILES string of the molecule is CCNC(=NCC(F)F)NCCc1ccc(F)cc1C.I. The third-order valence-corrected chi connectivity index (χ3v) is 2.72. The van der Waals surface area contributed by atoms with E-state index in [4.69, 9.17) is 0 Å². The summed E-state index contributed by atoms with van der Waals surface area (Å²) in [5, 5.41) is 5.87. The van der Waals surface area contributed by atoms with Gasteiger partial charge in [0.1, 0.15) is 12.4 Å². The van der Waals surface area contributed by atoms with Gasteiger partial charge in [-0.3, -0.25) is 0 Å². The normalized spacial score (nSPS) is 11.2. The predicted octanol–water partition coefficient (Wildman–Crippen LogP) is 3.11. The number of alkyl halides is 2. The maximum Gasteiger partial charge on any atom is 0.257 e. The van der Waals surface area contributed by atoms with Crippen LogP contribution in [0.15, 0.2) is 23.2 Å². The summed E-state index contributed by atoms with van der Waals surface area (Å²) in [5.41, 5.74) is 1.89. The summed E-state index contributed by atoms with van der Waals surface area (Å²) in [4.78, 5) is 3.77. The fourth-order valence-electron chi connectivity index (χ4n) is 1.76. The van der Waals surface area contributed by atoms with Gasteiger partial charge in [0.25, 0.3) is 6.43 Å². The molecule has 0 aliphatic carbocycles. The number of guanidine groups is 1. The van der Waals surface area contributed by atoms with Gasteiger partial charge in [0.15, 0.2) is 5.96 Å². The number of rotatable bonds is 6. The first-order valence-electron chi connectivity index (χ1n) is 6.58. The van der Waals surface area contributed by atoms with Crippen LogP contribution in [0.3, 0.4) is 0 Å². The van der Waals surface area contributed by atoms with E-state index < -0.39 is 13.0 Å². The first-order chi connectivity index (χ1) is 9.52. The number of hydrogen-bond donors (Lipinski definition) is 2. The Morgan fingerprint density at radius 1 is 1.29 bits per heavy atom. The summed E-state index contributed by atoms with van der Waals surface area (Å²) in [6.45, 7) is 4.33. The van der Waals surface area contributed by atoms with Gasteiger partial charge in [0, 0.05) is 13.1 Å². The van der Waals surface area contributed by atoms with Crippen LogP contribution in [0.5, 0.6) is 0 Å². The Hall–Kier alpha value is -0.990. The molecule has 0 radical (unpaired) electrons. The Bertz CT molecular complexity index is 453. The average molecular weight is 415 g/mol. The molecule has 0 bridgehead atoms. The molecule has 21 heavy (non-hydrogen) atoms. The zero-order valence-electron chi connectivity index (χ0n) is 12.1. The molecule has 1 aromatic rings. The summed E-state index contributed by atoms with van der Waals surface area (Å²) in [6, 6.07) is 4.62. The maximum atomic E-state index is 13.0. The highest BCUT2D eigenvalue weighted by atomic mass is 127. The van der Waals surface area contributed by atoms with E-state index in [-0.39, 0.29) is 29.8 Å². The van der Waals surface area contributed by atoms with E-state index >= 15 is 0 Å². The van der Waals surface area contributed by atoms with Gasteiger partial charge >= 0.3 is 0 Å². The van der Waals surface area contributed by atoms with E-state index in [0.29, 0.717) is 25.5 Å². The van der Waals surface area contributed by atoms with E-state index in [1.807, 2.05) is 13.8 Å². The van der Waals surface area contributed by atoms with Crippen LogP contribution in [-0.4, -0.2) is 32.0 Å². The molecule has 7 heteroatoms. The number of aryl methyl sites for hydroxylation is 1. The Kier molecular flexibility index (Phi) is 10.2. The molecule has 0 aromatic heterocycles. The molecule has 2 N–H and O–H groups in total. The van der Waals surface area contributed by atoms with Crippen molar-refractivity contribution in [3.05, 3.63) is 35.1 Å². The van der Waals surface area contributed by atoms with E-state index in [9.17, 15) is 13.2 Å². The van der Waals surface area contributed by atoms with Crippen LogP contribution < -0.4 is 10.6 Å². The lowest BCUT2D eigenvalue weighted by Crippen LogP contribution is -2.38.